The number of anilines is 2. The molecule has 354 valence electrons. The molecule has 3 aromatic heterocycles. The van der Waals surface area contributed by atoms with Crippen LogP contribution in [0.2, 0.25) is 0 Å². The number of ether oxygens (including phenoxy) is 2. The monoisotopic (exact) mass is 919 g/mol. The molecule has 4 saturated heterocycles. The van der Waals surface area contributed by atoms with Crippen LogP contribution in [0.5, 0.6) is 11.5 Å². The average molecular weight is 919 g/mol. The van der Waals surface area contributed by atoms with Crippen LogP contribution in [-0.4, -0.2) is 146 Å². The average Bonchev–Trinajstić information content (AvgIpc) is 3.92. The van der Waals surface area contributed by atoms with Gasteiger partial charge in [-0.1, -0.05) is 26.0 Å². The minimum absolute atomic E-state index is 0.0906. The summed E-state index contributed by atoms with van der Waals surface area (Å²) in [4.78, 5) is 52.8. The summed E-state index contributed by atoms with van der Waals surface area (Å²) >= 11 is 1.68. The zero-order valence-corrected chi connectivity index (χ0v) is 40.4. The van der Waals surface area contributed by atoms with Gasteiger partial charge in [-0.05, 0) is 93.3 Å². The summed E-state index contributed by atoms with van der Waals surface area (Å²) in [6.45, 7) is 16.8. The summed E-state index contributed by atoms with van der Waals surface area (Å²) in [5.74, 6) is 2.69. The standard InChI is InChI=1S/C26H37N5O2.C25H33N5O2S/c1-33-23-8-7-22-6-4-11-27-24(22)25(23)29-15-5-12-28(18-19-29)20-21-9-16-31(17-10-21)26(32)30-13-2-3-14-30;1-17(2)14-23-28-19(16-33-23)20(15-22(26)31)29-10-5-11-30(13-12-29)25-21(32-3)8-7-18-6-4-9-27-24(18)25/h4,6-8,11,21H,2-3,5,9-10,12-20H2,1H3;4,6-9,16-17,20H,5,10-15H2,1-3H3,(H2,26,31). The lowest BCUT2D eigenvalue weighted by Crippen LogP contribution is -2.47. The normalized spacial score (nSPS) is 18.6. The molecule has 0 aliphatic carbocycles. The number of fused-ring (bicyclic) bond motifs is 2. The molecule has 2 aromatic carbocycles. The summed E-state index contributed by atoms with van der Waals surface area (Å²) in [6, 6.07) is 16.6. The van der Waals surface area contributed by atoms with Crippen molar-refractivity contribution in [3.8, 4) is 11.5 Å². The number of hydrogen-bond donors (Lipinski definition) is 1. The van der Waals surface area contributed by atoms with E-state index in [9.17, 15) is 9.59 Å². The number of hydrogen-bond acceptors (Lipinski definition) is 12. The Balaban J connectivity index is 0.000000179. The number of rotatable bonds is 12. The number of urea groups is 1. The number of likely N-dealkylation sites (tertiary alicyclic amines) is 2. The van der Waals surface area contributed by atoms with E-state index in [1.54, 1.807) is 25.6 Å². The van der Waals surface area contributed by atoms with Gasteiger partial charge in [0.15, 0.2) is 0 Å². The summed E-state index contributed by atoms with van der Waals surface area (Å²) in [5, 5.41) is 5.48. The second-order valence-electron chi connectivity index (χ2n) is 18.8. The number of benzene rings is 2. The van der Waals surface area contributed by atoms with Crippen molar-refractivity contribution in [1.82, 2.24) is 34.6 Å². The Bertz CT molecular complexity index is 2380. The van der Waals surface area contributed by atoms with E-state index < -0.39 is 0 Å². The first-order valence-electron chi connectivity index (χ1n) is 24.2. The van der Waals surface area contributed by atoms with Crippen LogP contribution in [0.25, 0.3) is 21.8 Å². The predicted molar refractivity (Wildman–Crippen MR) is 266 cm³/mol. The van der Waals surface area contributed by atoms with Crippen LogP contribution >= 0.6 is 11.3 Å². The van der Waals surface area contributed by atoms with Crippen LogP contribution < -0.4 is 25.0 Å². The maximum Gasteiger partial charge on any atom is 0.319 e. The van der Waals surface area contributed by atoms with Gasteiger partial charge in [-0.3, -0.25) is 19.7 Å². The molecule has 0 saturated carbocycles. The molecule has 5 aromatic rings. The Hall–Kier alpha value is -5.25. The molecular formula is C51H70N10O4S. The van der Waals surface area contributed by atoms with Crippen LogP contribution in [0.3, 0.4) is 0 Å². The van der Waals surface area contributed by atoms with Gasteiger partial charge in [0.05, 0.1) is 42.0 Å². The molecule has 4 aliphatic rings. The summed E-state index contributed by atoms with van der Waals surface area (Å²) < 4.78 is 11.4. The Morgan fingerprint density at radius 3 is 1.89 bits per heavy atom. The van der Waals surface area contributed by atoms with Gasteiger partial charge in [-0.25, -0.2) is 9.78 Å². The maximum absolute atomic E-state index is 12.7. The first-order chi connectivity index (χ1) is 32.2. The van der Waals surface area contributed by atoms with Crippen molar-refractivity contribution < 1.29 is 19.1 Å². The first-order valence-corrected chi connectivity index (χ1v) is 25.1. The van der Waals surface area contributed by atoms with Gasteiger partial charge < -0.3 is 39.7 Å². The molecule has 0 spiro atoms. The lowest BCUT2D eigenvalue weighted by molar-refractivity contribution is -0.119. The fourth-order valence-corrected chi connectivity index (χ4v) is 11.4. The Morgan fingerprint density at radius 2 is 1.30 bits per heavy atom. The number of aromatic nitrogens is 3. The number of primary amides is 1. The number of carbonyl (C=O) groups is 2. The van der Waals surface area contributed by atoms with Gasteiger partial charge in [0.25, 0.3) is 0 Å². The largest absolute Gasteiger partial charge is 0.494 e. The van der Waals surface area contributed by atoms with Crippen LogP contribution in [-0.2, 0) is 11.2 Å². The van der Waals surface area contributed by atoms with Crippen LogP contribution in [0, 0.1) is 11.8 Å². The minimum Gasteiger partial charge on any atom is -0.494 e. The SMILES string of the molecule is COc1ccc2cccnc2c1N1CCCN(C(CC(N)=O)c2csc(CC(C)C)n2)CC1.COc1ccc2cccnc2c1N1CCCN(CC2CCN(C(=O)N3CCCC3)CC2)CC1. The molecule has 14 nitrogen and oxygen atoms in total. The molecule has 3 amide bonds. The van der Waals surface area contributed by atoms with Gasteiger partial charge >= 0.3 is 6.03 Å². The Morgan fingerprint density at radius 1 is 0.712 bits per heavy atom. The van der Waals surface area contributed by atoms with E-state index in [4.69, 9.17) is 20.2 Å². The second kappa shape index (κ2) is 22.5. The van der Waals surface area contributed by atoms with Crippen molar-refractivity contribution in [2.24, 2.45) is 17.6 Å². The third-order valence-electron chi connectivity index (χ3n) is 13.7. The van der Waals surface area contributed by atoms with Gasteiger partial charge in [-0.2, -0.15) is 0 Å². The van der Waals surface area contributed by atoms with E-state index in [-0.39, 0.29) is 24.4 Å². The highest BCUT2D eigenvalue weighted by Gasteiger charge is 2.31. The number of thiazole rings is 1. The smallest absolute Gasteiger partial charge is 0.319 e. The molecule has 9 rings (SSSR count). The fourth-order valence-electron chi connectivity index (χ4n) is 10.3. The number of methoxy groups -OCH3 is 2. The summed E-state index contributed by atoms with van der Waals surface area (Å²) in [5.41, 5.74) is 10.8. The van der Waals surface area contributed by atoms with E-state index >= 15 is 0 Å². The van der Waals surface area contributed by atoms with E-state index in [1.165, 1.54) is 0 Å². The Kier molecular flexibility index (Phi) is 16.1. The summed E-state index contributed by atoms with van der Waals surface area (Å²) in [6.07, 6.45) is 11.6. The predicted octanol–water partition coefficient (Wildman–Crippen LogP) is 7.71. The Labute approximate surface area is 395 Å². The van der Waals surface area contributed by atoms with E-state index in [1.807, 2.05) is 35.5 Å². The van der Waals surface area contributed by atoms with E-state index in [0.29, 0.717) is 11.8 Å². The zero-order chi connectivity index (χ0) is 46.0. The third kappa shape index (κ3) is 11.5. The lowest BCUT2D eigenvalue weighted by atomic mass is 9.96. The number of nitrogens with two attached hydrogens (primary N) is 1. The molecule has 7 heterocycles. The molecule has 66 heavy (non-hydrogen) atoms. The van der Waals surface area contributed by atoms with Crippen molar-refractivity contribution >= 4 is 56.5 Å². The number of carbonyl (C=O) groups excluding carboxylic acids is 2. The molecule has 1 atom stereocenters. The third-order valence-corrected chi connectivity index (χ3v) is 14.6. The quantitative estimate of drug-likeness (QED) is 0.132. The van der Waals surface area contributed by atoms with Gasteiger partial charge in [0.1, 0.15) is 22.9 Å². The zero-order valence-electron chi connectivity index (χ0n) is 39.6. The highest BCUT2D eigenvalue weighted by molar-refractivity contribution is 7.09. The topological polar surface area (TPSA) is 137 Å². The van der Waals surface area contributed by atoms with Crippen LogP contribution in [0.1, 0.15) is 75.5 Å². The fraction of sp³-hybridized carbons (Fsp3) is 0.549. The molecule has 2 N–H and O–H groups in total. The first kappa shape index (κ1) is 47.3. The van der Waals surface area contributed by atoms with Crippen molar-refractivity contribution in [3.05, 3.63) is 77.0 Å². The van der Waals surface area contributed by atoms with Gasteiger partial charge in [-0.15, -0.1) is 11.3 Å². The van der Waals surface area contributed by atoms with Crippen LogP contribution in [0.4, 0.5) is 16.2 Å². The number of nitrogens with zero attached hydrogens (tertiary/aromatic N) is 9. The molecule has 15 heteroatoms. The van der Waals surface area contributed by atoms with Crippen molar-refractivity contribution in [1.29, 1.82) is 0 Å². The minimum atomic E-state index is -0.292. The van der Waals surface area contributed by atoms with Crippen molar-refractivity contribution in [3.63, 3.8) is 0 Å². The van der Waals surface area contributed by atoms with Crippen molar-refractivity contribution in [2.45, 2.75) is 71.3 Å². The van der Waals surface area contributed by atoms with Crippen LogP contribution in [0.15, 0.2) is 66.3 Å². The van der Waals surface area contributed by atoms with Crippen molar-refractivity contribution in [2.75, 3.05) is 109 Å². The maximum atomic E-state index is 12.7. The highest BCUT2D eigenvalue weighted by Crippen LogP contribution is 2.38. The lowest BCUT2D eigenvalue weighted by Gasteiger charge is -2.36. The van der Waals surface area contributed by atoms with E-state index in [2.05, 4.69) is 84.0 Å². The molecule has 4 aliphatic heterocycles. The molecule has 4 fully saturated rings. The number of pyridine rings is 2. The molecule has 0 radical (unpaired) electrons. The summed E-state index contributed by atoms with van der Waals surface area (Å²) in [7, 11) is 3.45. The van der Waals surface area contributed by atoms with E-state index in [0.717, 1.165) is 185 Å². The number of piperidine rings is 1. The van der Waals surface area contributed by atoms with Gasteiger partial charge in [0, 0.05) is 120 Å². The molecule has 0 bridgehead atoms. The van der Waals surface area contributed by atoms with Gasteiger partial charge in [0.2, 0.25) is 5.91 Å². The molecular weight excluding hydrogens is 849 g/mol. The second-order valence-corrected chi connectivity index (χ2v) is 19.7. The molecule has 1 unspecified atom stereocenters. The number of amides is 3. The highest BCUT2D eigenvalue weighted by atomic mass is 32.1.